The minimum atomic E-state index is -0.0682. The van der Waals surface area contributed by atoms with Crippen molar-refractivity contribution in [3.8, 4) is 28.3 Å². The molecule has 1 aliphatic heterocycles. The highest BCUT2D eigenvalue weighted by Crippen LogP contribution is 2.39. The van der Waals surface area contributed by atoms with Gasteiger partial charge in [-0.1, -0.05) is 67.9 Å². The summed E-state index contributed by atoms with van der Waals surface area (Å²) in [6.07, 6.45) is 3.48. The van der Waals surface area contributed by atoms with Gasteiger partial charge in [0.1, 0.15) is 5.69 Å². The molecule has 0 saturated heterocycles. The zero-order valence-electron chi connectivity index (χ0n) is 16.3. The van der Waals surface area contributed by atoms with Crippen LogP contribution in [-0.2, 0) is 11.2 Å². The van der Waals surface area contributed by atoms with Crippen LogP contribution in [0, 0.1) is 0 Å². The van der Waals surface area contributed by atoms with Gasteiger partial charge in [0.2, 0.25) is 5.88 Å². The molecule has 0 saturated carbocycles. The monoisotopic (exact) mass is 372 g/mol. The van der Waals surface area contributed by atoms with Crippen LogP contribution in [0.4, 0.5) is 5.69 Å². The molecular formula is C24H24N2O2. The third kappa shape index (κ3) is 3.50. The Balaban J connectivity index is 1.83. The van der Waals surface area contributed by atoms with Gasteiger partial charge >= 0.3 is 0 Å². The lowest BCUT2D eigenvalue weighted by Crippen LogP contribution is -2.35. The lowest BCUT2D eigenvalue weighted by molar-refractivity contribution is -0.121. The summed E-state index contributed by atoms with van der Waals surface area (Å²) in [6.45, 7) is 2.23. The molecule has 1 amide bonds. The molecule has 4 rings (SSSR count). The molecular weight excluding hydrogens is 348 g/mol. The fourth-order valence-electron chi connectivity index (χ4n) is 3.46. The summed E-state index contributed by atoms with van der Waals surface area (Å²) < 4.78 is 5.63. The summed E-state index contributed by atoms with van der Waals surface area (Å²) in [5.41, 5.74) is 6.02. The molecule has 4 nitrogen and oxygen atoms in total. The third-order valence-corrected chi connectivity index (χ3v) is 5.17. The maximum atomic E-state index is 12.1. The lowest BCUT2D eigenvalue weighted by atomic mass is 9.97. The van der Waals surface area contributed by atoms with Crippen molar-refractivity contribution in [3.63, 3.8) is 0 Å². The summed E-state index contributed by atoms with van der Waals surface area (Å²) >= 11 is 0. The number of aryl methyl sites for hydroxylation is 1. The molecule has 4 heteroatoms. The number of fused-ring (bicyclic) bond motifs is 1. The van der Waals surface area contributed by atoms with Gasteiger partial charge in [0.15, 0.2) is 6.61 Å². The molecule has 0 bridgehead atoms. The van der Waals surface area contributed by atoms with Crippen molar-refractivity contribution in [2.75, 3.05) is 18.6 Å². The first kappa shape index (κ1) is 18.2. The number of ether oxygens (including phenoxy) is 1. The minimum absolute atomic E-state index is 0.0244. The van der Waals surface area contributed by atoms with E-state index in [9.17, 15) is 4.79 Å². The number of carbonyl (C=O) groups is 1. The SMILES string of the molecule is CCCCc1ccc(-c2nc3c(cc2-c2ccccc2)N(C)C(=O)CO3)cc1. The second-order valence-corrected chi connectivity index (χ2v) is 7.12. The highest BCUT2D eigenvalue weighted by molar-refractivity contribution is 5.98. The topological polar surface area (TPSA) is 42.4 Å². The molecule has 28 heavy (non-hydrogen) atoms. The van der Waals surface area contributed by atoms with Crippen LogP contribution < -0.4 is 9.64 Å². The largest absolute Gasteiger partial charge is 0.466 e. The lowest BCUT2D eigenvalue weighted by Gasteiger charge is -2.26. The molecule has 1 aliphatic rings. The van der Waals surface area contributed by atoms with Crippen molar-refractivity contribution in [3.05, 3.63) is 66.2 Å². The van der Waals surface area contributed by atoms with Gasteiger partial charge in [0.05, 0.1) is 5.69 Å². The van der Waals surface area contributed by atoms with Crippen molar-refractivity contribution in [2.24, 2.45) is 0 Å². The minimum Gasteiger partial charge on any atom is -0.466 e. The molecule has 0 radical (unpaired) electrons. The summed E-state index contributed by atoms with van der Waals surface area (Å²) in [5, 5.41) is 0. The van der Waals surface area contributed by atoms with Gasteiger partial charge in [-0.25, -0.2) is 4.98 Å². The maximum Gasteiger partial charge on any atom is 0.264 e. The number of hydrogen-bond donors (Lipinski definition) is 0. The zero-order valence-corrected chi connectivity index (χ0v) is 16.3. The molecule has 0 unspecified atom stereocenters. The van der Waals surface area contributed by atoms with Crippen molar-refractivity contribution >= 4 is 11.6 Å². The number of carbonyl (C=O) groups excluding carboxylic acids is 1. The Labute approximate surface area is 165 Å². The van der Waals surface area contributed by atoms with E-state index < -0.39 is 0 Å². The standard InChI is InChI=1S/C24H24N2O2/c1-3-4-8-17-11-13-19(14-12-17)23-20(18-9-6-5-7-10-18)15-21-24(25-23)28-16-22(27)26(21)2/h5-7,9-15H,3-4,8,16H2,1-2H3. The van der Waals surface area contributed by atoms with E-state index in [1.165, 1.54) is 18.4 Å². The van der Waals surface area contributed by atoms with Crippen LogP contribution in [0.3, 0.4) is 0 Å². The first-order chi connectivity index (χ1) is 13.7. The van der Waals surface area contributed by atoms with Gasteiger partial charge in [-0.2, -0.15) is 0 Å². The molecule has 1 aromatic heterocycles. The Bertz CT molecular complexity index is 981. The number of aromatic nitrogens is 1. The predicted octanol–water partition coefficient (Wildman–Crippen LogP) is 5.11. The molecule has 0 atom stereocenters. The van der Waals surface area contributed by atoms with E-state index in [2.05, 4.69) is 43.3 Å². The molecule has 0 aliphatic carbocycles. The Hall–Kier alpha value is -3.14. The Morgan fingerprint density at radius 1 is 1.04 bits per heavy atom. The first-order valence-corrected chi connectivity index (χ1v) is 9.76. The number of pyridine rings is 1. The summed E-state index contributed by atoms with van der Waals surface area (Å²) in [4.78, 5) is 18.5. The van der Waals surface area contributed by atoms with Gasteiger partial charge in [-0.05, 0) is 30.0 Å². The fraction of sp³-hybridized carbons (Fsp3) is 0.250. The van der Waals surface area contributed by atoms with Gasteiger partial charge in [0, 0.05) is 18.2 Å². The van der Waals surface area contributed by atoms with E-state index in [0.717, 1.165) is 28.8 Å². The highest BCUT2D eigenvalue weighted by atomic mass is 16.5. The van der Waals surface area contributed by atoms with Crippen LogP contribution >= 0.6 is 0 Å². The molecule has 2 aromatic carbocycles. The smallest absolute Gasteiger partial charge is 0.264 e. The second-order valence-electron chi connectivity index (χ2n) is 7.12. The number of likely N-dealkylation sites (N-methyl/N-ethyl adjacent to an activating group) is 1. The number of amides is 1. The van der Waals surface area contributed by atoms with Gasteiger partial charge < -0.3 is 9.64 Å². The number of unbranched alkanes of at least 4 members (excludes halogenated alkanes) is 1. The fourth-order valence-corrected chi connectivity index (χ4v) is 3.46. The highest BCUT2D eigenvalue weighted by Gasteiger charge is 2.26. The number of anilines is 1. The van der Waals surface area contributed by atoms with Crippen molar-refractivity contribution < 1.29 is 9.53 Å². The number of nitrogens with zero attached hydrogens (tertiary/aromatic N) is 2. The summed E-state index contributed by atoms with van der Waals surface area (Å²) in [5.74, 6) is 0.438. The quantitative estimate of drug-likeness (QED) is 0.625. The van der Waals surface area contributed by atoms with Crippen LogP contribution in [-0.4, -0.2) is 24.5 Å². The first-order valence-electron chi connectivity index (χ1n) is 9.76. The van der Waals surface area contributed by atoms with Crippen LogP contribution in [0.25, 0.3) is 22.4 Å². The van der Waals surface area contributed by atoms with Gasteiger partial charge in [-0.3, -0.25) is 4.79 Å². The predicted molar refractivity (Wildman–Crippen MR) is 113 cm³/mol. The van der Waals surface area contributed by atoms with Crippen LogP contribution in [0.15, 0.2) is 60.7 Å². The molecule has 3 aromatic rings. The molecule has 0 spiro atoms. The van der Waals surface area contributed by atoms with Crippen molar-refractivity contribution in [1.29, 1.82) is 0 Å². The third-order valence-electron chi connectivity index (χ3n) is 5.17. The van der Waals surface area contributed by atoms with Crippen LogP contribution in [0.1, 0.15) is 25.3 Å². The maximum absolute atomic E-state index is 12.1. The van der Waals surface area contributed by atoms with Crippen molar-refractivity contribution in [2.45, 2.75) is 26.2 Å². The van der Waals surface area contributed by atoms with E-state index in [-0.39, 0.29) is 12.5 Å². The van der Waals surface area contributed by atoms with E-state index in [0.29, 0.717) is 11.6 Å². The molecule has 0 fully saturated rings. The zero-order chi connectivity index (χ0) is 19.5. The average Bonchev–Trinajstić information content (AvgIpc) is 2.75. The van der Waals surface area contributed by atoms with E-state index in [4.69, 9.17) is 9.72 Å². The second kappa shape index (κ2) is 7.85. The summed E-state index contributed by atoms with van der Waals surface area (Å²) in [7, 11) is 1.77. The Morgan fingerprint density at radius 2 is 1.79 bits per heavy atom. The number of hydrogen-bond acceptors (Lipinski definition) is 3. The van der Waals surface area contributed by atoms with Gasteiger partial charge in [-0.15, -0.1) is 0 Å². The Morgan fingerprint density at radius 3 is 2.50 bits per heavy atom. The summed E-state index contributed by atoms with van der Waals surface area (Å²) in [6, 6.07) is 20.8. The van der Waals surface area contributed by atoms with E-state index in [1.54, 1.807) is 11.9 Å². The van der Waals surface area contributed by atoms with Crippen molar-refractivity contribution in [1.82, 2.24) is 4.98 Å². The number of benzene rings is 2. The molecule has 142 valence electrons. The number of rotatable bonds is 5. The van der Waals surface area contributed by atoms with Crippen LogP contribution in [0.2, 0.25) is 0 Å². The Kier molecular flexibility index (Phi) is 5.11. The normalized spacial score (nSPS) is 13.2. The average molecular weight is 372 g/mol. The van der Waals surface area contributed by atoms with E-state index >= 15 is 0 Å². The molecule has 2 heterocycles. The van der Waals surface area contributed by atoms with Gasteiger partial charge in [0.25, 0.3) is 5.91 Å². The van der Waals surface area contributed by atoms with Crippen LogP contribution in [0.5, 0.6) is 5.88 Å². The van der Waals surface area contributed by atoms with E-state index in [1.807, 2.05) is 24.3 Å². The molecule has 0 N–H and O–H groups in total.